The van der Waals surface area contributed by atoms with Gasteiger partial charge in [-0.05, 0) is 83.4 Å². The molecular weight excluding hydrogens is 733 g/mol. The third-order valence-corrected chi connectivity index (χ3v) is 10.2. The van der Waals surface area contributed by atoms with Gasteiger partial charge in [-0.15, -0.1) is 0 Å². The van der Waals surface area contributed by atoms with Gasteiger partial charge in [0.25, 0.3) is 11.8 Å². The number of nitrogens with two attached hydrogens (primary N) is 2. The largest absolute Gasteiger partial charge is 0.489 e. The lowest BCUT2D eigenvalue weighted by molar-refractivity contribution is 0.0991. The number of primary amides is 2. The van der Waals surface area contributed by atoms with Crippen LogP contribution in [0.4, 0.5) is 11.9 Å². The average Bonchev–Trinajstić information content (AvgIpc) is 3.96. The molecule has 6 aromatic rings. The van der Waals surface area contributed by atoms with E-state index in [0.29, 0.717) is 89.2 Å². The van der Waals surface area contributed by atoms with Gasteiger partial charge in [0.2, 0.25) is 23.7 Å². The lowest BCUT2D eigenvalue weighted by Crippen LogP contribution is -2.26. The van der Waals surface area contributed by atoms with Crippen LogP contribution < -0.4 is 31.6 Å². The molecule has 4 amide bonds. The quantitative estimate of drug-likeness (QED) is 0.121. The molecule has 8 rings (SSSR count). The molecule has 2 aliphatic rings. The van der Waals surface area contributed by atoms with Crippen LogP contribution in [0.25, 0.3) is 22.1 Å². The number of nitrogens with zero attached hydrogens (tertiary/aromatic N) is 8. The highest BCUT2D eigenvalue weighted by Gasteiger charge is 2.31. The maximum atomic E-state index is 13.5. The molecule has 2 atom stereocenters. The topological polar surface area (TPSA) is 234 Å². The third kappa shape index (κ3) is 6.72. The number of hydrogen-bond donors (Lipinski definition) is 4. The smallest absolute Gasteiger partial charge is 0.276 e. The summed E-state index contributed by atoms with van der Waals surface area (Å²) in [7, 11) is 0. The zero-order valence-electron chi connectivity index (χ0n) is 31.9. The Morgan fingerprint density at radius 1 is 0.719 bits per heavy atom. The summed E-state index contributed by atoms with van der Waals surface area (Å²) in [6.45, 7) is 9.04. The van der Waals surface area contributed by atoms with E-state index in [1.54, 1.807) is 45.8 Å². The van der Waals surface area contributed by atoms with Gasteiger partial charge >= 0.3 is 0 Å². The number of hydrogen-bond acceptors (Lipinski definition) is 10. The molecule has 0 aliphatic carbocycles. The summed E-state index contributed by atoms with van der Waals surface area (Å²) in [5, 5.41) is 14.8. The van der Waals surface area contributed by atoms with Gasteiger partial charge in [0.15, 0.2) is 0 Å². The Balaban J connectivity index is 1.04. The molecule has 2 aromatic carbocycles. The number of rotatable bonds is 13. The number of carbonyl (C=O) groups excluding carboxylic acids is 4. The molecule has 0 spiro atoms. The van der Waals surface area contributed by atoms with Crippen LogP contribution in [0.2, 0.25) is 0 Å². The number of benzene rings is 2. The SMILES string of the molecule is CCn1nc(C)cc1C(=O)Nc1nc2cc(C(N)=O)cc3c2n1[C@@H](C/C=C/CC[C@H]1COc2cc(C(N)=O)cc4nc(NC(=O)c5cc(C)nn5CC)n1c24)CO3. The number of nitrogens with one attached hydrogen (secondary N) is 2. The van der Waals surface area contributed by atoms with Crippen LogP contribution in [0.3, 0.4) is 0 Å². The van der Waals surface area contributed by atoms with Gasteiger partial charge in [-0.2, -0.15) is 10.2 Å². The highest BCUT2D eigenvalue weighted by Crippen LogP contribution is 2.40. The summed E-state index contributed by atoms with van der Waals surface area (Å²) >= 11 is 0. The van der Waals surface area contributed by atoms with E-state index in [1.807, 2.05) is 36.8 Å². The predicted molar refractivity (Wildman–Crippen MR) is 210 cm³/mol. The number of imidazole rings is 2. The van der Waals surface area contributed by atoms with Crippen molar-refractivity contribution in [3.63, 3.8) is 0 Å². The molecule has 0 saturated carbocycles. The molecule has 6 heterocycles. The van der Waals surface area contributed by atoms with Gasteiger partial charge in [-0.25, -0.2) is 9.97 Å². The first kappa shape index (κ1) is 37.0. The van der Waals surface area contributed by atoms with Gasteiger partial charge in [0.1, 0.15) is 47.1 Å². The first-order valence-corrected chi connectivity index (χ1v) is 18.8. The number of allylic oxidation sites excluding steroid dienone is 2. The van der Waals surface area contributed by atoms with E-state index in [-0.39, 0.29) is 48.2 Å². The number of aryl methyl sites for hydroxylation is 4. The summed E-state index contributed by atoms with van der Waals surface area (Å²) in [6.07, 6.45) is 5.95. The minimum atomic E-state index is -0.614. The molecule has 4 aromatic heterocycles. The van der Waals surface area contributed by atoms with E-state index >= 15 is 0 Å². The minimum absolute atomic E-state index is 0.209. The van der Waals surface area contributed by atoms with Crippen molar-refractivity contribution in [2.45, 2.75) is 72.1 Å². The molecule has 0 saturated heterocycles. The summed E-state index contributed by atoms with van der Waals surface area (Å²) in [6, 6.07) is 9.38. The fourth-order valence-electron chi connectivity index (χ4n) is 7.62. The van der Waals surface area contributed by atoms with Gasteiger partial charge < -0.3 is 25.5 Å². The first-order valence-electron chi connectivity index (χ1n) is 18.8. The average molecular weight is 775 g/mol. The number of amides is 4. The van der Waals surface area contributed by atoms with Crippen molar-refractivity contribution in [2.24, 2.45) is 11.5 Å². The van der Waals surface area contributed by atoms with Crippen molar-refractivity contribution in [1.82, 2.24) is 38.7 Å². The van der Waals surface area contributed by atoms with Crippen LogP contribution in [0.1, 0.15) is 98.3 Å². The minimum Gasteiger partial charge on any atom is -0.489 e. The van der Waals surface area contributed by atoms with Crippen LogP contribution in [-0.2, 0) is 13.1 Å². The highest BCUT2D eigenvalue weighted by atomic mass is 16.5. The molecule has 6 N–H and O–H groups in total. The number of carbonyl (C=O) groups is 4. The summed E-state index contributed by atoms with van der Waals surface area (Å²) in [5.74, 6) is -0.398. The number of aromatic nitrogens is 8. The zero-order valence-corrected chi connectivity index (χ0v) is 31.9. The summed E-state index contributed by atoms with van der Waals surface area (Å²) < 4.78 is 19.5. The molecule has 18 nitrogen and oxygen atoms in total. The van der Waals surface area contributed by atoms with Crippen molar-refractivity contribution >= 4 is 57.6 Å². The normalized spacial score (nSPS) is 15.9. The van der Waals surface area contributed by atoms with Gasteiger partial charge in [-0.3, -0.25) is 43.7 Å². The monoisotopic (exact) mass is 774 g/mol. The van der Waals surface area contributed by atoms with E-state index in [9.17, 15) is 19.2 Å². The van der Waals surface area contributed by atoms with Crippen molar-refractivity contribution in [1.29, 1.82) is 0 Å². The standard InChI is InChI=1S/C39H42N12O6/c1-5-48-28(12-20(3)46-48)36(54)44-38-42-26-14-22(34(40)52)16-30-32(26)50(38)24(18-56-30)10-8-7-9-11-25-19-57-31-17-23(35(41)53)15-27-33(31)51(25)39(43-27)45-37(55)29-13-21(4)47-49(29)6-2/h7-8,12-17,24-25H,5-6,9-11,18-19H2,1-4H3,(H2,40,52)(H2,41,53)(H,42,44,54)(H,43,45,55)/b8-7+/t24-,25-/m0/s1. The Morgan fingerprint density at radius 2 is 1.19 bits per heavy atom. The Morgan fingerprint density at radius 3 is 1.67 bits per heavy atom. The molecule has 294 valence electrons. The Labute approximate surface area is 325 Å². The fraction of sp³-hybridized carbons (Fsp3) is 0.333. The van der Waals surface area contributed by atoms with Gasteiger partial charge in [0.05, 0.1) is 34.5 Å². The highest BCUT2D eigenvalue weighted by molar-refractivity contribution is 6.05. The van der Waals surface area contributed by atoms with Crippen LogP contribution in [0.5, 0.6) is 11.5 Å². The summed E-state index contributed by atoms with van der Waals surface area (Å²) in [4.78, 5) is 60.8. The lowest BCUT2D eigenvalue weighted by atomic mass is 10.1. The number of anilines is 2. The van der Waals surface area contributed by atoms with Crippen molar-refractivity contribution in [3.05, 3.63) is 82.5 Å². The molecule has 0 radical (unpaired) electrons. The summed E-state index contributed by atoms with van der Waals surface area (Å²) in [5.41, 5.74) is 16.2. The van der Waals surface area contributed by atoms with Crippen LogP contribution >= 0.6 is 0 Å². The second-order valence-electron chi connectivity index (χ2n) is 14.1. The second-order valence-corrected chi connectivity index (χ2v) is 14.1. The molecular formula is C39H42N12O6. The van der Waals surface area contributed by atoms with Gasteiger partial charge in [0, 0.05) is 24.2 Å². The van der Waals surface area contributed by atoms with Crippen molar-refractivity contribution < 1.29 is 28.7 Å². The molecule has 2 aliphatic heterocycles. The van der Waals surface area contributed by atoms with Crippen LogP contribution in [0, 0.1) is 13.8 Å². The van der Waals surface area contributed by atoms with E-state index < -0.39 is 11.8 Å². The predicted octanol–water partition coefficient (Wildman–Crippen LogP) is 4.43. The van der Waals surface area contributed by atoms with Crippen molar-refractivity contribution in [3.8, 4) is 11.5 Å². The zero-order chi connectivity index (χ0) is 40.1. The van der Waals surface area contributed by atoms with Crippen LogP contribution in [-0.4, -0.2) is 75.5 Å². The molecule has 18 heteroatoms. The lowest BCUT2D eigenvalue weighted by Gasteiger charge is -2.27. The van der Waals surface area contributed by atoms with Gasteiger partial charge in [-0.1, -0.05) is 12.2 Å². The van der Waals surface area contributed by atoms with E-state index in [2.05, 4.69) is 33.0 Å². The van der Waals surface area contributed by atoms with Crippen molar-refractivity contribution in [2.75, 3.05) is 23.8 Å². The third-order valence-electron chi connectivity index (χ3n) is 10.2. The molecule has 0 fully saturated rings. The molecule has 0 unspecified atom stereocenters. The van der Waals surface area contributed by atoms with E-state index in [0.717, 1.165) is 11.4 Å². The molecule has 0 bridgehead atoms. The Bertz CT molecular complexity index is 2650. The maximum Gasteiger partial charge on any atom is 0.276 e. The maximum absolute atomic E-state index is 13.5. The fourth-order valence-corrected chi connectivity index (χ4v) is 7.62. The van der Waals surface area contributed by atoms with Crippen LogP contribution in [0.15, 0.2) is 48.6 Å². The Hall–Kier alpha value is -6.98. The van der Waals surface area contributed by atoms with E-state index in [1.165, 1.54) is 0 Å². The molecule has 57 heavy (non-hydrogen) atoms. The Kier molecular flexibility index (Phi) is 9.46. The van der Waals surface area contributed by atoms with E-state index in [4.69, 9.17) is 30.9 Å². The first-order chi connectivity index (χ1) is 27.4. The number of ether oxygens (including phenoxy) is 2. The second kappa shape index (κ2) is 14.6.